The van der Waals surface area contributed by atoms with E-state index < -0.39 is 9.84 Å². The quantitative estimate of drug-likeness (QED) is 0.374. The summed E-state index contributed by atoms with van der Waals surface area (Å²) < 4.78 is 39.1. The zero-order chi connectivity index (χ0) is 24.8. The molecule has 0 aliphatic heterocycles. The predicted octanol–water partition coefficient (Wildman–Crippen LogP) is 7.18. The van der Waals surface area contributed by atoms with Gasteiger partial charge in [-0.2, -0.15) is 0 Å². The van der Waals surface area contributed by atoms with Crippen molar-refractivity contribution in [2.45, 2.75) is 81.3 Å². The monoisotopic (exact) mass is 514 g/mol. The number of aryl methyl sites for hydroxylation is 2. The fourth-order valence-electron chi connectivity index (χ4n) is 4.87. The van der Waals surface area contributed by atoms with Gasteiger partial charge >= 0.3 is 0 Å². The van der Waals surface area contributed by atoms with Crippen molar-refractivity contribution in [3.05, 3.63) is 76.3 Å². The SMILES string of the molecule is CCOc1cc2c(cc1S(=O)(=O)c1ccc(COC3C=CC(Cl)=CC3)cc1)CCCC(CC)CC2. The van der Waals surface area contributed by atoms with E-state index in [2.05, 4.69) is 6.92 Å². The molecule has 4 nitrogen and oxygen atoms in total. The second-order valence-electron chi connectivity index (χ2n) is 9.39. The first-order valence-corrected chi connectivity index (χ1v) is 14.5. The van der Waals surface area contributed by atoms with Crippen LogP contribution in [-0.2, 0) is 34.0 Å². The van der Waals surface area contributed by atoms with Crippen LogP contribution in [0.3, 0.4) is 0 Å². The smallest absolute Gasteiger partial charge is 0.210 e. The Bertz CT molecular complexity index is 1180. The van der Waals surface area contributed by atoms with Crippen molar-refractivity contribution in [3.63, 3.8) is 0 Å². The lowest BCUT2D eigenvalue weighted by molar-refractivity contribution is 0.0732. The molecule has 0 amide bonds. The van der Waals surface area contributed by atoms with Crippen LogP contribution in [0.1, 0.15) is 62.6 Å². The molecule has 35 heavy (non-hydrogen) atoms. The molecule has 2 aromatic carbocycles. The van der Waals surface area contributed by atoms with Gasteiger partial charge in [0, 0.05) is 5.03 Å². The molecule has 0 heterocycles. The molecule has 4 rings (SSSR count). The second kappa shape index (κ2) is 11.8. The van der Waals surface area contributed by atoms with Gasteiger partial charge in [0.25, 0.3) is 0 Å². The number of ether oxygens (including phenoxy) is 2. The maximum atomic E-state index is 13.7. The normalized spacial score (nSPS) is 20.5. The van der Waals surface area contributed by atoms with Crippen molar-refractivity contribution in [2.24, 2.45) is 5.92 Å². The molecule has 2 unspecified atom stereocenters. The largest absolute Gasteiger partial charge is 0.492 e. The average Bonchev–Trinajstić information content (AvgIpc) is 2.85. The van der Waals surface area contributed by atoms with Gasteiger partial charge in [-0.05, 0) is 92.0 Å². The Balaban J connectivity index is 1.55. The molecular weight excluding hydrogens is 480 g/mol. The minimum atomic E-state index is -3.72. The molecular formula is C29H35ClO4S. The topological polar surface area (TPSA) is 52.6 Å². The highest BCUT2D eigenvalue weighted by Crippen LogP contribution is 2.36. The third-order valence-electron chi connectivity index (χ3n) is 7.03. The van der Waals surface area contributed by atoms with Crippen LogP contribution in [0.15, 0.2) is 69.4 Å². The van der Waals surface area contributed by atoms with E-state index in [4.69, 9.17) is 21.1 Å². The van der Waals surface area contributed by atoms with Gasteiger partial charge in [0.15, 0.2) is 0 Å². The molecule has 2 aliphatic carbocycles. The van der Waals surface area contributed by atoms with Gasteiger partial charge in [0.1, 0.15) is 10.6 Å². The Morgan fingerprint density at radius 3 is 2.49 bits per heavy atom. The number of halogens is 1. The van der Waals surface area contributed by atoms with Gasteiger partial charge in [0.05, 0.1) is 24.2 Å². The average molecular weight is 515 g/mol. The van der Waals surface area contributed by atoms with Gasteiger partial charge in [-0.1, -0.05) is 55.7 Å². The Hall–Kier alpha value is -2.08. The van der Waals surface area contributed by atoms with Crippen molar-refractivity contribution in [1.29, 1.82) is 0 Å². The summed E-state index contributed by atoms with van der Waals surface area (Å²) in [6.45, 7) is 4.97. The summed E-state index contributed by atoms with van der Waals surface area (Å²) in [5, 5.41) is 0.726. The van der Waals surface area contributed by atoms with Crippen LogP contribution in [0.2, 0.25) is 0 Å². The molecule has 2 atom stereocenters. The summed E-state index contributed by atoms with van der Waals surface area (Å²) in [5.41, 5.74) is 3.29. The lowest BCUT2D eigenvalue weighted by atomic mass is 9.86. The van der Waals surface area contributed by atoms with Crippen molar-refractivity contribution in [1.82, 2.24) is 0 Å². The first-order chi connectivity index (χ1) is 16.9. The van der Waals surface area contributed by atoms with E-state index in [0.717, 1.165) is 54.2 Å². The van der Waals surface area contributed by atoms with Crippen LogP contribution >= 0.6 is 11.6 Å². The minimum Gasteiger partial charge on any atom is -0.492 e. The van der Waals surface area contributed by atoms with Crippen LogP contribution in [0.25, 0.3) is 0 Å². The minimum absolute atomic E-state index is 0.0222. The molecule has 0 aromatic heterocycles. The summed E-state index contributed by atoms with van der Waals surface area (Å²) >= 11 is 5.96. The van der Waals surface area contributed by atoms with Crippen LogP contribution in [0, 0.1) is 5.92 Å². The molecule has 0 saturated heterocycles. The molecule has 0 saturated carbocycles. The van der Waals surface area contributed by atoms with Gasteiger partial charge in [0.2, 0.25) is 9.84 Å². The fraction of sp³-hybridized carbons (Fsp3) is 0.448. The number of hydrogen-bond acceptors (Lipinski definition) is 4. The number of hydrogen-bond donors (Lipinski definition) is 0. The first kappa shape index (κ1) is 26.0. The number of benzene rings is 2. The summed E-state index contributed by atoms with van der Waals surface area (Å²) in [5.74, 6) is 1.20. The molecule has 188 valence electrons. The van der Waals surface area contributed by atoms with Gasteiger partial charge in [-0.15, -0.1) is 0 Å². The summed E-state index contributed by atoms with van der Waals surface area (Å²) in [4.78, 5) is 0.539. The lowest BCUT2D eigenvalue weighted by Crippen LogP contribution is -2.12. The zero-order valence-corrected chi connectivity index (χ0v) is 22.2. The maximum Gasteiger partial charge on any atom is 0.210 e. The highest BCUT2D eigenvalue weighted by atomic mass is 35.5. The first-order valence-electron chi connectivity index (χ1n) is 12.7. The molecule has 6 heteroatoms. The van der Waals surface area contributed by atoms with E-state index in [9.17, 15) is 8.42 Å². The van der Waals surface area contributed by atoms with E-state index in [1.807, 2.05) is 49.4 Å². The van der Waals surface area contributed by atoms with Gasteiger partial charge < -0.3 is 9.47 Å². The van der Waals surface area contributed by atoms with Crippen LogP contribution in [0.5, 0.6) is 5.75 Å². The molecule has 0 spiro atoms. The number of sulfone groups is 1. The van der Waals surface area contributed by atoms with Crippen molar-refractivity contribution >= 4 is 21.4 Å². The molecule has 0 fully saturated rings. The number of fused-ring (bicyclic) bond motifs is 1. The lowest BCUT2D eigenvalue weighted by Gasteiger charge is -2.22. The van der Waals surface area contributed by atoms with Crippen LogP contribution in [-0.4, -0.2) is 21.1 Å². The third-order valence-corrected chi connectivity index (χ3v) is 9.10. The molecule has 2 aliphatic rings. The summed E-state index contributed by atoms with van der Waals surface area (Å²) in [6, 6.07) is 10.8. The van der Waals surface area contributed by atoms with E-state index >= 15 is 0 Å². The molecule has 0 N–H and O–H groups in total. The van der Waals surface area contributed by atoms with Crippen molar-refractivity contribution in [2.75, 3.05) is 6.61 Å². The Morgan fingerprint density at radius 1 is 1.03 bits per heavy atom. The molecule has 2 aromatic rings. The van der Waals surface area contributed by atoms with Crippen LogP contribution < -0.4 is 4.74 Å². The van der Waals surface area contributed by atoms with E-state index in [1.54, 1.807) is 12.1 Å². The van der Waals surface area contributed by atoms with Gasteiger partial charge in [-0.3, -0.25) is 0 Å². The Morgan fingerprint density at radius 2 is 1.80 bits per heavy atom. The van der Waals surface area contributed by atoms with E-state index in [1.165, 1.54) is 18.4 Å². The standard InChI is InChI=1S/C29H35ClO4S/c1-3-21-6-5-7-23-19-29(28(33-4-2)18-24(23)11-8-21)35(31,32)27-16-9-22(10-17-27)20-34-26-14-12-25(30)13-15-26/h9-10,12-14,16-19,21,26H,3-8,11,15,20H2,1-2H3. The van der Waals surface area contributed by atoms with Gasteiger partial charge in [-0.25, -0.2) is 8.42 Å². The van der Waals surface area contributed by atoms with E-state index in [0.29, 0.717) is 19.0 Å². The number of rotatable bonds is 8. The summed E-state index contributed by atoms with van der Waals surface area (Å²) in [6.07, 6.45) is 12.9. The van der Waals surface area contributed by atoms with E-state index in [-0.39, 0.29) is 15.9 Å². The second-order valence-corrected chi connectivity index (χ2v) is 11.7. The third kappa shape index (κ3) is 6.38. The maximum absolute atomic E-state index is 13.7. The van der Waals surface area contributed by atoms with Crippen molar-refractivity contribution in [3.8, 4) is 5.75 Å². The van der Waals surface area contributed by atoms with Crippen molar-refractivity contribution < 1.29 is 17.9 Å². The molecule has 0 radical (unpaired) electrons. The number of allylic oxidation sites excluding steroid dienone is 2. The fourth-order valence-corrected chi connectivity index (χ4v) is 6.46. The highest BCUT2D eigenvalue weighted by molar-refractivity contribution is 7.91. The Kier molecular flexibility index (Phi) is 8.74. The highest BCUT2D eigenvalue weighted by Gasteiger charge is 2.25. The van der Waals surface area contributed by atoms with Crippen LogP contribution in [0.4, 0.5) is 0 Å². The Labute approximate surface area is 214 Å². The predicted molar refractivity (Wildman–Crippen MR) is 141 cm³/mol. The molecule has 0 bridgehead atoms. The summed E-state index contributed by atoms with van der Waals surface area (Å²) in [7, 11) is -3.72. The zero-order valence-electron chi connectivity index (χ0n) is 20.6.